The van der Waals surface area contributed by atoms with Crippen LogP contribution in [-0.4, -0.2) is 30.6 Å². The second-order valence-corrected chi connectivity index (χ2v) is 4.51. The number of ether oxygens (including phenoxy) is 1. The molecule has 15 heavy (non-hydrogen) atoms. The Labute approximate surface area is 88.3 Å². The largest absolute Gasteiger partial charge is 0.467 e. The lowest BCUT2D eigenvalue weighted by atomic mass is 9.73. The number of nitrogens with two attached hydrogens (primary N) is 1. The van der Waals surface area contributed by atoms with E-state index in [0.717, 1.165) is 12.8 Å². The van der Waals surface area contributed by atoms with Crippen LogP contribution in [0, 0.1) is 5.92 Å². The van der Waals surface area contributed by atoms with E-state index >= 15 is 0 Å². The van der Waals surface area contributed by atoms with E-state index in [1.165, 1.54) is 7.11 Å². The van der Waals surface area contributed by atoms with Gasteiger partial charge in [-0.2, -0.15) is 0 Å². The molecule has 2 aliphatic rings. The van der Waals surface area contributed by atoms with Crippen LogP contribution in [0.2, 0.25) is 0 Å². The standard InChI is InChI=1S/C10H16N2O3/c1-15-9(14)10(4-7(11)5-10)12-8(13)6-2-3-6/h6-7H,2-5,11H2,1H3,(H,12,13). The Morgan fingerprint density at radius 2 is 2.00 bits per heavy atom. The Morgan fingerprint density at radius 1 is 1.40 bits per heavy atom. The molecule has 2 saturated carbocycles. The van der Waals surface area contributed by atoms with Gasteiger partial charge >= 0.3 is 5.97 Å². The van der Waals surface area contributed by atoms with Crippen LogP contribution >= 0.6 is 0 Å². The summed E-state index contributed by atoms with van der Waals surface area (Å²) in [6, 6.07) is -0.0106. The highest BCUT2D eigenvalue weighted by Crippen LogP contribution is 2.35. The fourth-order valence-corrected chi connectivity index (χ4v) is 2.03. The van der Waals surface area contributed by atoms with Crippen molar-refractivity contribution in [3.8, 4) is 0 Å². The summed E-state index contributed by atoms with van der Waals surface area (Å²) in [6.07, 6.45) is 2.82. The molecule has 0 saturated heterocycles. The Hall–Kier alpha value is -1.10. The summed E-state index contributed by atoms with van der Waals surface area (Å²) in [7, 11) is 1.33. The van der Waals surface area contributed by atoms with Crippen molar-refractivity contribution in [2.75, 3.05) is 7.11 Å². The minimum atomic E-state index is -0.839. The zero-order chi connectivity index (χ0) is 11.1. The molecule has 2 fully saturated rings. The van der Waals surface area contributed by atoms with Crippen LogP contribution in [0.4, 0.5) is 0 Å². The summed E-state index contributed by atoms with van der Waals surface area (Å²) in [6.45, 7) is 0. The maximum atomic E-state index is 11.6. The van der Waals surface area contributed by atoms with E-state index in [-0.39, 0.29) is 23.8 Å². The third kappa shape index (κ3) is 1.84. The molecule has 0 unspecified atom stereocenters. The van der Waals surface area contributed by atoms with Crippen molar-refractivity contribution in [1.82, 2.24) is 5.32 Å². The second-order valence-electron chi connectivity index (χ2n) is 4.51. The fourth-order valence-electron chi connectivity index (χ4n) is 2.03. The number of nitrogens with one attached hydrogen (secondary N) is 1. The van der Waals surface area contributed by atoms with Crippen LogP contribution < -0.4 is 11.1 Å². The molecule has 84 valence electrons. The van der Waals surface area contributed by atoms with Gasteiger partial charge in [0.25, 0.3) is 0 Å². The maximum absolute atomic E-state index is 11.6. The SMILES string of the molecule is COC(=O)C1(NC(=O)C2CC2)CC(N)C1. The molecule has 0 radical (unpaired) electrons. The highest BCUT2D eigenvalue weighted by Gasteiger charge is 2.52. The minimum absolute atomic E-state index is 0.0106. The number of amides is 1. The van der Waals surface area contributed by atoms with Gasteiger partial charge in [0.2, 0.25) is 5.91 Å². The van der Waals surface area contributed by atoms with Crippen molar-refractivity contribution in [3.63, 3.8) is 0 Å². The molecule has 0 bridgehead atoms. The molecule has 2 rings (SSSR count). The Kier molecular flexibility index (Phi) is 2.42. The average Bonchev–Trinajstić information content (AvgIpc) is 2.96. The van der Waals surface area contributed by atoms with Crippen molar-refractivity contribution in [2.24, 2.45) is 11.7 Å². The summed E-state index contributed by atoms with van der Waals surface area (Å²) >= 11 is 0. The van der Waals surface area contributed by atoms with Crippen LogP contribution in [-0.2, 0) is 14.3 Å². The van der Waals surface area contributed by atoms with E-state index in [1.807, 2.05) is 0 Å². The third-order valence-electron chi connectivity index (χ3n) is 3.11. The van der Waals surface area contributed by atoms with Crippen LogP contribution in [0.5, 0.6) is 0 Å². The molecule has 0 aromatic carbocycles. The summed E-state index contributed by atoms with van der Waals surface area (Å²) in [5.74, 6) is -0.311. The van der Waals surface area contributed by atoms with Crippen molar-refractivity contribution in [2.45, 2.75) is 37.3 Å². The Bertz CT molecular complexity index is 293. The summed E-state index contributed by atoms with van der Waals surface area (Å²) in [5, 5.41) is 2.78. The quantitative estimate of drug-likeness (QED) is 0.620. The van der Waals surface area contributed by atoms with Crippen molar-refractivity contribution < 1.29 is 14.3 Å². The number of carbonyl (C=O) groups is 2. The first-order valence-electron chi connectivity index (χ1n) is 5.23. The summed E-state index contributed by atoms with van der Waals surface area (Å²) in [5.41, 5.74) is 4.82. The number of carbonyl (C=O) groups excluding carboxylic acids is 2. The van der Waals surface area contributed by atoms with Gasteiger partial charge in [-0.05, 0) is 25.7 Å². The topological polar surface area (TPSA) is 81.4 Å². The first kappa shape index (κ1) is 10.4. The van der Waals surface area contributed by atoms with Crippen LogP contribution in [0.3, 0.4) is 0 Å². The van der Waals surface area contributed by atoms with Gasteiger partial charge in [0.1, 0.15) is 5.54 Å². The molecule has 0 aromatic rings. The maximum Gasteiger partial charge on any atom is 0.331 e. The molecule has 5 heteroatoms. The Morgan fingerprint density at radius 3 is 2.40 bits per heavy atom. The van der Waals surface area contributed by atoms with Gasteiger partial charge in [-0.1, -0.05) is 0 Å². The summed E-state index contributed by atoms with van der Waals surface area (Å²) < 4.78 is 4.70. The van der Waals surface area contributed by atoms with E-state index in [9.17, 15) is 9.59 Å². The first-order chi connectivity index (χ1) is 7.07. The van der Waals surface area contributed by atoms with Crippen molar-refractivity contribution >= 4 is 11.9 Å². The lowest BCUT2D eigenvalue weighted by molar-refractivity contribution is -0.156. The lowest BCUT2D eigenvalue weighted by Crippen LogP contribution is -2.66. The van der Waals surface area contributed by atoms with E-state index < -0.39 is 5.54 Å². The third-order valence-corrected chi connectivity index (χ3v) is 3.11. The second kappa shape index (κ2) is 3.48. The predicted octanol–water partition coefficient (Wildman–Crippen LogP) is -0.454. The molecule has 1 amide bonds. The molecule has 0 aliphatic heterocycles. The Balaban J connectivity index is 1.99. The molecule has 0 atom stereocenters. The van der Waals surface area contributed by atoms with Gasteiger partial charge < -0.3 is 15.8 Å². The van der Waals surface area contributed by atoms with Gasteiger partial charge in [-0.25, -0.2) is 4.79 Å². The normalized spacial score (nSPS) is 34.1. The van der Waals surface area contributed by atoms with Gasteiger partial charge in [0.05, 0.1) is 7.11 Å². The molecule has 3 N–H and O–H groups in total. The zero-order valence-corrected chi connectivity index (χ0v) is 8.79. The molecule has 5 nitrogen and oxygen atoms in total. The number of methoxy groups -OCH3 is 1. The molecule has 0 spiro atoms. The fraction of sp³-hybridized carbons (Fsp3) is 0.800. The monoisotopic (exact) mass is 212 g/mol. The predicted molar refractivity (Wildman–Crippen MR) is 52.8 cm³/mol. The zero-order valence-electron chi connectivity index (χ0n) is 8.79. The average molecular weight is 212 g/mol. The van der Waals surface area contributed by atoms with Gasteiger partial charge in [0, 0.05) is 12.0 Å². The lowest BCUT2D eigenvalue weighted by Gasteiger charge is -2.43. The summed E-state index contributed by atoms with van der Waals surface area (Å²) in [4.78, 5) is 23.1. The van der Waals surface area contributed by atoms with E-state index in [1.54, 1.807) is 0 Å². The molecule has 0 heterocycles. The van der Waals surface area contributed by atoms with E-state index in [4.69, 9.17) is 10.5 Å². The van der Waals surface area contributed by atoms with Crippen LogP contribution in [0.15, 0.2) is 0 Å². The van der Waals surface area contributed by atoms with E-state index in [2.05, 4.69) is 5.32 Å². The smallest absolute Gasteiger partial charge is 0.331 e. The first-order valence-corrected chi connectivity index (χ1v) is 5.23. The van der Waals surface area contributed by atoms with Gasteiger partial charge in [0.15, 0.2) is 0 Å². The number of esters is 1. The minimum Gasteiger partial charge on any atom is -0.467 e. The van der Waals surface area contributed by atoms with Gasteiger partial charge in [-0.3, -0.25) is 4.79 Å². The molecular weight excluding hydrogens is 196 g/mol. The number of hydrogen-bond donors (Lipinski definition) is 2. The molecular formula is C10H16N2O3. The highest BCUT2D eigenvalue weighted by atomic mass is 16.5. The van der Waals surface area contributed by atoms with Gasteiger partial charge in [-0.15, -0.1) is 0 Å². The van der Waals surface area contributed by atoms with Crippen molar-refractivity contribution in [1.29, 1.82) is 0 Å². The number of rotatable bonds is 3. The highest BCUT2D eigenvalue weighted by molar-refractivity contribution is 5.90. The van der Waals surface area contributed by atoms with Crippen LogP contribution in [0.25, 0.3) is 0 Å². The molecule has 0 aromatic heterocycles. The van der Waals surface area contributed by atoms with Crippen molar-refractivity contribution in [3.05, 3.63) is 0 Å². The number of hydrogen-bond acceptors (Lipinski definition) is 4. The van der Waals surface area contributed by atoms with Crippen LogP contribution in [0.1, 0.15) is 25.7 Å². The molecule has 2 aliphatic carbocycles. The van der Waals surface area contributed by atoms with E-state index in [0.29, 0.717) is 12.8 Å².